The molecular weight excluding hydrogens is 340 g/mol. The Bertz CT molecular complexity index is 823. The Kier molecular flexibility index (Phi) is 3.82. The fourth-order valence-electron chi connectivity index (χ4n) is 5.92. The lowest BCUT2D eigenvalue weighted by Gasteiger charge is -2.51. The minimum Gasteiger partial charge on any atom is -0.424 e. The quantitative estimate of drug-likeness (QED) is 0.884. The highest BCUT2D eigenvalue weighted by Crippen LogP contribution is 2.70. The van der Waals surface area contributed by atoms with E-state index in [1.807, 2.05) is 12.1 Å². The number of hydrogen-bond donors (Lipinski definition) is 1. The molecule has 1 N–H and O–H groups in total. The van der Waals surface area contributed by atoms with E-state index >= 15 is 0 Å². The lowest BCUT2D eigenvalue weighted by molar-refractivity contribution is -0.164. The highest BCUT2D eigenvalue weighted by Gasteiger charge is 2.67. The van der Waals surface area contributed by atoms with Crippen molar-refractivity contribution in [3.63, 3.8) is 0 Å². The molecule has 2 heterocycles. The molecule has 1 aromatic carbocycles. The monoisotopic (exact) mass is 366 g/mol. The van der Waals surface area contributed by atoms with Crippen LogP contribution in [0.1, 0.15) is 44.8 Å². The van der Waals surface area contributed by atoms with Crippen molar-refractivity contribution in [1.82, 2.24) is 9.97 Å². The Morgan fingerprint density at radius 1 is 1.15 bits per heavy atom. The normalized spacial score (nSPS) is 36.4. The number of hydrogen-bond acceptors (Lipinski definition) is 5. The number of aromatic nitrogens is 2. The molecule has 0 amide bonds. The maximum absolute atomic E-state index is 11.1. The molecule has 1 spiro atoms. The second kappa shape index (κ2) is 6.01. The van der Waals surface area contributed by atoms with E-state index in [2.05, 4.69) is 35.9 Å². The molecule has 3 fully saturated rings. The van der Waals surface area contributed by atoms with E-state index < -0.39 is 0 Å². The molecule has 2 saturated carbocycles. The largest absolute Gasteiger partial charge is 0.424 e. The fourth-order valence-corrected chi connectivity index (χ4v) is 5.92. The minimum absolute atomic E-state index is 0.0180. The van der Waals surface area contributed by atoms with Crippen molar-refractivity contribution in [3.8, 4) is 11.8 Å². The summed E-state index contributed by atoms with van der Waals surface area (Å²) in [5, 5.41) is 11.1. The molecule has 5 heteroatoms. The first-order valence-electron chi connectivity index (χ1n) is 9.85. The van der Waals surface area contributed by atoms with E-state index in [1.165, 1.54) is 0 Å². The molecule has 0 unspecified atom stereocenters. The third kappa shape index (κ3) is 2.52. The van der Waals surface area contributed by atoms with Crippen LogP contribution in [0.15, 0.2) is 42.7 Å². The van der Waals surface area contributed by atoms with Gasteiger partial charge in [0.1, 0.15) is 5.75 Å². The van der Waals surface area contributed by atoms with Gasteiger partial charge in [0, 0.05) is 24.4 Å². The van der Waals surface area contributed by atoms with E-state index in [0.29, 0.717) is 23.6 Å². The van der Waals surface area contributed by atoms with Crippen LogP contribution < -0.4 is 4.74 Å². The highest BCUT2D eigenvalue weighted by atomic mass is 16.5. The first-order chi connectivity index (χ1) is 13.0. The summed E-state index contributed by atoms with van der Waals surface area (Å²) in [6, 6.07) is 10.2. The SMILES string of the molecule is CC1(C)[C@@H]2C[C@@H]3[C@@H](c4ccc(Oc5ncccn5)cc4)OCC[C@@]3(C2)[C@@H]1O. The van der Waals surface area contributed by atoms with Crippen molar-refractivity contribution in [1.29, 1.82) is 0 Å². The standard InChI is InChI=1S/C22H26N2O3/c1-21(2)15-12-17-18(26-11-8-22(17,13-15)19(21)25)14-4-6-16(7-5-14)27-20-23-9-3-10-24-20/h3-7,9-10,15,17-19,25H,8,11-13H2,1-2H3/t15-,17-,18-,19-,22+/m1/s1. The van der Waals surface area contributed by atoms with E-state index in [4.69, 9.17) is 9.47 Å². The van der Waals surface area contributed by atoms with E-state index in [9.17, 15) is 5.11 Å². The van der Waals surface area contributed by atoms with Crippen LogP contribution >= 0.6 is 0 Å². The van der Waals surface area contributed by atoms with Crippen LogP contribution in [0.3, 0.4) is 0 Å². The molecule has 3 aliphatic rings. The summed E-state index contributed by atoms with van der Waals surface area (Å²) in [6.45, 7) is 5.18. The number of aliphatic hydroxyl groups excluding tert-OH is 1. The van der Waals surface area contributed by atoms with Gasteiger partial charge in [-0.25, -0.2) is 9.97 Å². The Morgan fingerprint density at radius 2 is 1.89 bits per heavy atom. The van der Waals surface area contributed by atoms with Crippen molar-refractivity contribution >= 4 is 0 Å². The number of nitrogens with zero attached hydrogens (tertiary/aromatic N) is 2. The summed E-state index contributed by atoms with van der Waals surface area (Å²) < 4.78 is 11.9. The number of fused-ring (bicyclic) bond motifs is 1. The summed E-state index contributed by atoms with van der Waals surface area (Å²) >= 11 is 0. The van der Waals surface area contributed by atoms with Gasteiger partial charge in [-0.15, -0.1) is 0 Å². The molecule has 5 atom stereocenters. The number of aliphatic hydroxyl groups is 1. The summed E-state index contributed by atoms with van der Waals surface area (Å²) in [5.41, 5.74) is 1.20. The molecule has 1 aliphatic heterocycles. The molecule has 1 saturated heterocycles. The van der Waals surface area contributed by atoms with Gasteiger partial charge in [-0.3, -0.25) is 0 Å². The van der Waals surface area contributed by atoms with Crippen molar-refractivity contribution in [2.45, 2.75) is 45.3 Å². The lowest BCUT2D eigenvalue weighted by Crippen LogP contribution is -2.51. The van der Waals surface area contributed by atoms with Gasteiger partial charge < -0.3 is 14.6 Å². The lowest BCUT2D eigenvalue weighted by atomic mass is 9.60. The van der Waals surface area contributed by atoms with Gasteiger partial charge in [-0.05, 0) is 60.3 Å². The van der Waals surface area contributed by atoms with Gasteiger partial charge in [0.15, 0.2) is 0 Å². The average Bonchev–Trinajstić information content (AvgIpc) is 3.17. The van der Waals surface area contributed by atoms with E-state index in [1.54, 1.807) is 18.5 Å². The van der Waals surface area contributed by atoms with Crippen LogP contribution in [-0.4, -0.2) is 27.8 Å². The molecule has 5 rings (SSSR count). The summed E-state index contributed by atoms with van der Waals surface area (Å²) in [7, 11) is 0. The molecule has 5 nitrogen and oxygen atoms in total. The molecule has 2 aliphatic carbocycles. The Hall–Kier alpha value is -1.98. The molecule has 2 bridgehead atoms. The van der Waals surface area contributed by atoms with Gasteiger partial charge >= 0.3 is 6.01 Å². The smallest absolute Gasteiger partial charge is 0.321 e. The van der Waals surface area contributed by atoms with Crippen LogP contribution in [0.25, 0.3) is 0 Å². The van der Waals surface area contributed by atoms with Crippen molar-refractivity contribution in [3.05, 3.63) is 48.3 Å². The number of benzene rings is 1. The topological polar surface area (TPSA) is 64.5 Å². The van der Waals surface area contributed by atoms with Crippen molar-refractivity contribution in [2.24, 2.45) is 22.7 Å². The van der Waals surface area contributed by atoms with E-state index in [0.717, 1.165) is 31.4 Å². The first kappa shape index (κ1) is 17.1. The van der Waals surface area contributed by atoms with Crippen molar-refractivity contribution in [2.75, 3.05) is 6.61 Å². The number of rotatable bonds is 3. The summed E-state index contributed by atoms with van der Waals surface area (Å²) in [5.74, 6) is 1.69. The summed E-state index contributed by atoms with van der Waals surface area (Å²) in [4.78, 5) is 8.18. The van der Waals surface area contributed by atoms with Gasteiger partial charge in [-0.1, -0.05) is 26.0 Å². The Morgan fingerprint density at radius 3 is 2.59 bits per heavy atom. The predicted molar refractivity (Wildman–Crippen MR) is 100 cm³/mol. The molecule has 2 aromatic rings. The van der Waals surface area contributed by atoms with Crippen LogP contribution in [0.4, 0.5) is 0 Å². The van der Waals surface area contributed by atoms with E-state index in [-0.39, 0.29) is 23.0 Å². The minimum atomic E-state index is -0.238. The first-order valence-corrected chi connectivity index (χ1v) is 9.85. The zero-order valence-electron chi connectivity index (χ0n) is 15.8. The third-order valence-corrected chi connectivity index (χ3v) is 7.40. The zero-order chi connectivity index (χ0) is 18.6. The maximum Gasteiger partial charge on any atom is 0.321 e. The Balaban J connectivity index is 1.38. The number of ether oxygens (including phenoxy) is 2. The van der Waals surface area contributed by atoms with Crippen molar-refractivity contribution < 1.29 is 14.6 Å². The molecule has 27 heavy (non-hydrogen) atoms. The van der Waals surface area contributed by atoms with Gasteiger partial charge in [0.2, 0.25) is 0 Å². The van der Waals surface area contributed by atoms with Gasteiger partial charge in [-0.2, -0.15) is 0 Å². The second-order valence-electron chi connectivity index (χ2n) is 8.94. The zero-order valence-corrected chi connectivity index (χ0v) is 15.8. The molecule has 1 aromatic heterocycles. The molecule has 0 radical (unpaired) electrons. The van der Waals surface area contributed by atoms with Crippen LogP contribution in [-0.2, 0) is 4.74 Å². The van der Waals surface area contributed by atoms with Crippen LogP contribution in [0, 0.1) is 22.7 Å². The average molecular weight is 366 g/mol. The van der Waals surface area contributed by atoms with Gasteiger partial charge in [0.25, 0.3) is 0 Å². The highest BCUT2D eigenvalue weighted by molar-refractivity contribution is 5.32. The second-order valence-corrected chi connectivity index (χ2v) is 8.94. The van der Waals surface area contributed by atoms with Gasteiger partial charge in [0.05, 0.1) is 12.2 Å². The molecule has 142 valence electrons. The molecular formula is C22H26N2O3. The van der Waals surface area contributed by atoms with Crippen LogP contribution in [0.2, 0.25) is 0 Å². The predicted octanol–water partition coefficient (Wildman–Crippen LogP) is 4.14. The maximum atomic E-state index is 11.1. The summed E-state index contributed by atoms with van der Waals surface area (Å²) in [6.07, 6.45) is 6.39. The fraction of sp³-hybridized carbons (Fsp3) is 0.545. The van der Waals surface area contributed by atoms with Crippen LogP contribution in [0.5, 0.6) is 11.8 Å². The third-order valence-electron chi connectivity index (χ3n) is 7.40. The Labute approximate surface area is 159 Å².